The van der Waals surface area contributed by atoms with Crippen molar-refractivity contribution in [3.63, 3.8) is 0 Å². The van der Waals surface area contributed by atoms with Gasteiger partial charge in [-0.2, -0.15) is 0 Å². The summed E-state index contributed by atoms with van der Waals surface area (Å²) >= 11 is 0. The molecule has 4 rings (SSSR count). The molecule has 218 valence electrons. The van der Waals surface area contributed by atoms with E-state index in [9.17, 15) is 18.8 Å². The molecule has 42 heavy (non-hydrogen) atoms. The number of likely N-dealkylation sites (N-methyl/N-ethyl adjacent to an activating group) is 3. The number of fused-ring (bicyclic) bond motifs is 1. The van der Waals surface area contributed by atoms with Gasteiger partial charge < -0.3 is 20.9 Å². The highest BCUT2D eigenvalue weighted by molar-refractivity contribution is 5.98. The number of halogens is 1. The average Bonchev–Trinajstić information content (AvgIpc) is 3.01. The number of amides is 3. The van der Waals surface area contributed by atoms with Gasteiger partial charge in [0.2, 0.25) is 11.8 Å². The summed E-state index contributed by atoms with van der Waals surface area (Å²) in [4.78, 5) is 43.8. The number of hydrogen-bond donors (Lipinski definition) is 2. The maximum Gasteiger partial charge on any atom is 0.254 e. The van der Waals surface area contributed by atoms with Crippen LogP contribution >= 0.6 is 0 Å². The number of nitrogens with two attached hydrogens (primary N) is 1. The van der Waals surface area contributed by atoms with Crippen molar-refractivity contribution in [1.29, 1.82) is 0 Å². The summed E-state index contributed by atoms with van der Waals surface area (Å²) in [5, 5.41) is 4.66. The third-order valence-electron chi connectivity index (χ3n) is 7.71. The van der Waals surface area contributed by atoms with E-state index in [0.717, 1.165) is 21.9 Å². The molecular weight excluding hydrogens is 531 g/mol. The van der Waals surface area contributed by atoms with Crippen molar-refractivity contribution in [2.24, 2.45) is 5.73 Å². The molecule has 8 heteroatoms. The molecule has 0 spiro atoms. The van der Waals surface area contributed by atoms with Crippen LogP contribution in [-0.4, -0.2) is 60.7 Å². The predicted octanol–water partition coefficient (Wildman–Crippen LogP) is 4.50. The molecule has 1 unspecified atom stereocenters. The van der Waals surface area contributed by atoms with Crippen LogP contribution in [0.5, 0.6) is 0 Å². The van der Waals surface area contributed by atoms with Gasteiger partial charge in [0.1, 0.15) is 17.9 Å². The van der Waals surface area contributed by atoms with E-state index in [2.05, 4.69) is 5.32 Å². The molecule has 0 fully saturated rings. The number of benzene rings is 4. The zero-order chi connectivity index (χ0) is 30.4. The van der Waals surface area contributed by atoms with Crippen molar-refractivity contribution < 1.29 is 18.8 Å². The molecule has 0 radical (unpaired) electrons. The fourth-order valence-electron chi connectivity index (χ4n) is 5.11. The fourth-order valence-corrected chi connectivity index (χ4v) is 5.11. The molecule has 0 bridgehead atoms. The quantitative estimate of drug-likeness (QED) is 0.295. The van der Waals surface area contributed by atoms with E-state index in [4.69, 9.17) is 5.73 Å². The Morgan fingerprint density at radius 3 is 2.19 bits per heavy atom. The van der Waals surface area contributed by atoms with Crippen LogP contribution < -0.4 is 11.1 Å². The van der Waals surface area contributed by atoms with Crippen molar-refractivity contribution >= 4 is 28.5 Å². The maximum atomic E-state index is 14.6. The second-order valence-corrected chi connectivity index (χ2v) is 10.6. The van der Waals surface area contributed by atoms with E-state index >= 15 is 0 Å². The lowest BCUT2D eigenvalue weighted by atomic mass is 9.97. The topological polar surface area (TPSA) is 95.7 Å². The molecule has 0 aliphatic heterocycles. The molecule has 4 aromatic rings. The van der Waals surface area contributed by atoms with Gasteiger partial charge in [0.25, 0.3) is 5.91 Å². The van der Waals surface area contributed by atoms with Gasteiger partial charge >= 0.3 is 0 Å². The fraction of sp³-hybridized carbons (Fsp3) is 0.265. The monoisotopic (exact) mass is 568 g/mol. The first kappa shape index (κ1) is 30.4. The smallest absolute Gasteiger partial charge is 0.254 e. The highest BCUT2D eigenvalue weighted by Crippen LogP contribution is 2.22. The maximum absolute atomic E-state index is 14.6. The molecule has 0 saturated carbocycles. The number of rotatable bonds is 10. The summed E-state index contributed by atoms with van der Waals surface area (Å²) in [7, 11) is 4.58. The zero-order valence-electron chi connectivity index (χ0n) is 24.4. The van der Waals surface area contributed by atoms with Crippen molar-refractivity contribution in [3.05, 3.63) is 119 Å². The van der Waals surface area contributed by atoms with Crippen molar-refractivity contribution in [2.45, 2.75) is 37.9 Å². The Morgan fingerprint density at radius 1 is 0.810 bits per heavy atom. The number of hydrogen-bond acceptors (Lipinski definition) is 4. The van der Waals surface area contributed by atoms with Gasteiger partial charge in [0.15, 0.2) is 0 Å². The van der Waals surface area contributed by atoms with Crippen LogP contribution in [0.2, 0.25) is 0 Å². The number of nitrogens with one attached hydrogen (secondary N) is 1. The van der Waals surface area contributed by atoms with E-state index in [0.29, 0.717) is 11.1 Å². The second kappa shape index (κ2) is 13.4. The Kier molecular flexibility index (Phi) is 9.70. The molecular formula is C34H37FN4O3. The van der Waals surface area contributed by atoms with Crippen LogP contribution in [0.1, 0.15) is 40.0 Å². The standard InChI is InChI=1S/C34H37FN4O3/c1-22(36)25-13-9-14-28(20-25)33(41)39(4)31(19-23-16-17-24-10-5-6-11-26(24)18-23)34(42)38(3)30(32(40)37-2)21-27-12-7-8-15-29(27)35/h5-18,20,22,30-31H,19,21,36H2,1-4H3,(H,37,40)/t22?,30-,31-/m1/s1. The first-order valence-corrected chi connectivity index (χ1v) is 13.9. The van der Waals surface area contributed by atoms with Gasteiger partial charge in [-0.3, -0.25) is 14.4 Å². The van der Waals surface area contributed by atoms with Gasteiger partial charge in [0, 0.05) is 45.6 Å². The van der Waals surface area contributed by atoms with Crippen molar-refractivity contribution in [2.75, 3.05) is 21.1 Å². The first-order chi connectivity index (χ1) is 20.1. The van der Waals surface area contributed by atoms with E-state index in [-0.39, 0.29) is 24.8 Å². The molecule has 0 aliphatic carbocycles. The summed E-state index contributed by atoms with van der Waals surface area (Å²) in [6.45, 7) is 1.84. The summed E-state index contributed by atoms with van der Waals surface area (Å²) in [6.07, 6.45) is 0.189. The van der Waals surface area contributed by atoms with Crippen molar-refractivity contribution in [3.8, 4) is 0 Å². The Balaban J connectivity index is 1.71. The van der Waals surface area contributed by atoms with Crippen LogP contribution in [0.15, 0.2) is 91.0 Å². The predicted molar refractivity (Wildman–Crippen MR) is 163 cm³/mol. The van der Waals surface area contributed by atoms with Gasteiger partial charge in [-0.05, 0) is 52.6 Å². The third-order valence-corrected chi connectivity index (χ3v) is 7.71. The molecule has 4 aromatic carbocycles. The minimum absolute atomic E-state index is 0.0224. The lowest BCUT2D eigenvalue weighted by molar-refractivity contribution is -0.142. The average molecular weight is 569 g/mol. The minimum Gasteiger partial charge on any atom is -0.357 e. The lowest BCUT2D eigenvalue weighted by Gasteiger charge is -2.34. The molecule has 0 heterocycles. The molecule has 3 atom stereocenters. The Labute approximate surface area is 246 Å². The summed E-state index contributed by atoms with van der Waals surface area (Å²) in [5.41, 5.74) is 8.43. The van der Waals surface area contributed by atoms with Crippen LogP contribution in [0.3, 0.4) is 0 Å². The summed E-state index contributed by atoms with van der Waals surface area (Å²) in [6, 6.07) is 24.8. The van der Waals surface area contributed by atoms with Gasteiger partial charge in [-0.1, -0.05) is 72.8 Å². The summed E-state index contributed by atoms with van der Waals surface area (Å²) in [5.74, 6) is -1.68. The normalized spacial score (nSPS) is 13.2. The SMILES string of the molecule is CNC(=O)[C@@H](Cc1ccccc1F)N(C)C(=O)[C@@H](Cc1ccc2ccccc2c1)N(C)C(=O)c1cccc(C(C)N)c1. The largest absolute Gasteiger partial charge is 0.357 e. The Hall–Kier alpha value is -4.56. The highest BCUT2D eigenvalue weighted by atomic mass is 19.1. The number of carbonyl (C=O) groups is 3. The highest BCUT2D eigenvalue weighted by Gasteiger charge is 2.35. The molecule has 7 nitrogen and oxygen atoms in total. The summed E-state index contributed by atoms with van der Waals surface area (Å²) < 4.78 is 14.6. The molecule has 0 aromatic heterocycles. The second-order valence-electron chi connectivity index (χ2n) is 10.6. The third kappa shape index (κ3) is 6.83. The minimum atomic E-state index is -0.997. The van der Waals surface area contributed by atoms with E-state index < -0.39 is 29.7 Å². The van der Waals surface area contributed by atoms with Gasteiger partial charge in [-0.25, -0.2) is 4.39 Å². The van der Waals surface area contributed by atoms with Crippen LogP contribution in [0.25, 0.3) is 10.8 Å². The van der Waals surface area contributed by atoms with Crippen LogP contribution in [0, 0.1) is 5.82 Å². The molecule has 0 aliphatic rings. The number of nitrogens with zero attached hydrogens (tertiary/aromatic N) is 2. The lowest BCUT2D eigenvalue weighted by Crippen LogP contribution is -2.55. The van der Waals surface area contributed by atoms with Crippen LogP contribution in [-0.2, 0) is 22.4 Å². The molecule has 0 saturated heterocycles. The molecule has 3 amide bonds. The van der Waals surface area contributed by atoms with Crippen LogP contribution in [0.4, 0.5) is 4.39 Å². The van der Waals surface area contributed by atoms with E-state index in [1.54, 1.807) is 43.4 Å². The zero-order valence-corrected chi connectivity index (χ0v) is 24.4. The van der Waals surface area contributed by atoms with Gasteiger partial charge in [0.05, 0.1) is 0 Å². The van der Waals surface area contributed by atoms with E-state index in [1.165, 1.54) is 30.0 Å². The Morgan fingerprint density at radius 2 is 1.50 bits per heavy atom. The van der Waals surface area contributed by atoms with Crippen molar-refractivity contribution in [1.82, 2.24) is 15.1 Å². The van der Waals surface area contributed by atoms with E-state index in [1.807, 2.05) is 55.5 Å². The molecule has 3 N–H and O–H groups in total. The van der Waals surface area contributed by atoms with Gasteiger partial charge in [-0.15, -0.1) is 0 Å². The first-order valence-electron chi connectivity index (χ1n) is 13.9. The Bertz CT molecular complexity index is 1590. The number of carbonyl (C=O) groups excluding carboxylic acids is 3.